The molecule has 3 bridgehead atoms. The van der Waals surface area contributed by atoms with E-state index in [-0.39, 0.29) is 17.7 Å². The first-order valence-corrected chi connectivity index (χ1v) is 11.1. The van der Waals surface area contributed by atoms with E-state index in [0.717, 1.165) is 11.3 Å². The molecule has 4 heterocycles. The summed E-state index contributed by atoms with van der Waals surface area (Å²) < 4.78 is 31.3. The third-order valence-corrected chi connectivity index (χ3v) is 5.86. The van der Waals surface area contributed by atoms with Gasteiger partial charge in [-0.3, -0.25) is 9.78 Å². The first kappa shape index (κ1) is 22.0. The zero-order valence-corrected chi connectivity index (χ0v) is 18.7. The third kappa shape index (κ3) is 4.22. The zero-order chi connectivity index (χ0) is 23.5. The van der Waals surface area contributed by atoms with Crippen LogP contribution in [-0.2, 0) is 11.2 Å². The van der Waals surface area contributed by atoms with Gasteiger partial charge in [0, 0.05) is 29.9 Å². The number of aromatic nitrogens is 2. The fourth-order valence-corrected chi connectivity index (χ4v) is 4.32. The first-order chi connectivity index (χ1) is 16.7. The highest BCUT2D eigenvalue weighted by Crippen LogP contribution is 2.42. The number of anilines is 2. The number of rotatable bonds is 3. The number of halogens is 1. The molecule has 1 amide bonds. The smallest absolute Gasteiger partial charge is 0.255 e. The number of nitrogens with zero attached hydrogens (tertiary/aromatic N) is 1. The number of amides is 1. The normalized spacial score (nSPS) is 17.7. The monoisotopic (exact) mass is 464 g/mol. The number of ether oxygens (including phenoxy) is 3. The van der Waals surface area contributed by atoms with Gasteiger partial charge in [0.1, 0.15) is 12.4 Å². The molecule has 3 N–H and O–H groups in total. The van der Waals surface area contributed by atoms with Crippen LogP contribution in [0.15, 0.2) is 48.8 Å². The van der Waals surface area contributed by atoms with Crippen LogP contribution in [0.1, 0.15) is 22.5 Å². The van der Waals surface area contributed by atoms with Gasteiger partial charge in [-0.05, 0) is 24.6 Å². The SMILES string of the molecule is COc1c(F)cccc1Nc1c2[nH]c3c1C(=O)NC(CC=CCOCCOc1cnccc1-2)C3. The van der Waals surface area contributed by atoms with Gasteiger partial charge in [0.2, 0.25) is 0 Å². The van der Waals surface area contributed by atoms with Gasteiger partial charge in [-0.1, -0.05) is 18.2 Å². The van der Waals surface area contributed by atoms with Crippen molar-refractivity contribution in [3.8, 4) is 22.8 Å². The summed E-state index contributed by atoms with van der Waals surface area (Å²) in [6.07, 6.45) is 8.54. The van der Waals surface area contributed by atoms with Crippen LogP contribution >= 0.6 is 0 Å². The maximum atomic E-state index is 14.4. The molecule has 1 aromatic carbocycles. The summed E-state index contributed by atoms with van der Waals surface area (Å²) in [5.41, 5.74) is 3.58. The molecule has 2 aliphatic heterocycles. The summed E-state index contributed by atoms with van der Waals surface area (Å²) in [7, 11) is 1.41. The summed E-state index contributed by atoms with van der Waals surface area (Å²) in [5.74, 6) is -0.105. The maximum Gasteiger partial charge on any atom is 0.255 e. The molecular weight excluding hydrogens is 439 g/mol. The number of hydrogen-bond acceptors (Lipinski definition) is 6. The van der Waals surface area contributed by atoms with Crippen molar-refractivity contribution >= 4 is 17.3 Å². The minimum absolute atomic E-state index is 0.0578. The van der Waals surface area contributed by atoms with Crippen LogP contribution in [0.2, 0.25) is 0 Å². The number of fused-ring (bicyclic) bond motifs is 4. The molecule has 0 saturated heterocycles. The van der Waals surface area contributed by atoms with E-state index in [9.17, 15) is 9.18 Å². The third-order valence-electron chi connectivity index (χ3n) is 5.86. The van der Waals surface area contributed by atoms with Crippen LogP contribution in [0.3, 0.4) is 0 Å². The standard InChI is InChI=1S/C25H25FN4O4/c1-32-24-17(26)6-4-7-18(24)29-23-21-19-13-15(28-25(21)31)5-2-3-10-33-11-12-34-20-14-27-9-8-16(20)22(23)30-19/h2-4,6-9,14-15,29-30H,5,10-13H2,1H3,(H,28,31). The number of methoxy groups -OCH3 is 1. The molecule has 8 nitrogen and oxygen atoms in total. The lowest BCUT2D eigenvalue weighted by Crippen LogP contribution is -2.41. The summed E-state index contributed by atoms with van der Waals surface area (Å²) >= 11 is 0. The van der Waals surface area contributed by atoms with Crippen molar-refractivity contribution in [1.29, 1.82) is 0 Å². The number of hydrogen-bond donors (Lipinski definition) is 3. The fourth-order valence-electron chi connectivity index (χ4n) is 4.32. The van der Waals surface area contributed by atoms with Crippen molar-refractivity contribution in [3.63, 3.8) is 0 Å². The van der Waals surface area contributed by atoms with E-state index in [1.165, 1.54) is 13.2 Å². The van der Waals surface area contributed by atoms with E-state index in [2.05, 4.69) is 20.6 Å². The van der Waals surface area contributed by atoms with Crippen LogP contribution in [0.4, 0.5) is 15.8 Å². The van der Waals surface area contributed by atoms with Crippen molar-refractivity contribution in [2.45, 2.75) is 18.9 Å². The Labute approximate surface area is 196 Å². The molecule has 1 atom stereocenters. The molecule has 0 fully saturated rings. The van der Waals surface area contributed by atoms with Gasteiger partial charge in [0.25, 0.3) is 5.91 Å². The lowest BCUT2D eigenvalue weighted by atomic mass is 9.98. The van der Waals surface area contributed by atoms with Crippen molar-refractivity contribution in [3.05, 3.63) is 65.9 Å². The Morgan fingerprint density at radius 1 is 1.24 bits per heavy atom. The summed E-state index contributed by atoms with van der Waals surface area (Å²) in [6, 6.07) is 6.37. The zero-order valence-electron chi connectivity index (χ0n) is 18.7. The van der Waals surface area contributed by atoms with Gasteiger partial charge in [-0.25, -0.2) is 4.39 Å². The maximum absolute atomic E-state index is 14.4. The highest BCUT2D eigenvalue weighted by molar-refractivity contribution is 6.07. The van der Waals surface area contributed by atoms with Crippen LogP contribution in [0, 0.1) is 5.82 Å². The molecule has 0 saturated carbocycles. The van der Waals surface area contributed by atoms with Crippen molar-refractivity contribution < 1.29 is 23.4 Å². The molecule has 2 aromatic heterocycles. The summed E-state index contributed by atoms with van der Waals surface area (Å²) in [5, 5.41) is 6.33. The van der Waals surface area contributed by atoms with Gasteiger partial charge < -0.3 is 29.8 Å². The van der Waals surface area contributed by atoms with Crippen molar-refractivity contribution in [1.82, 2.24) is 15.3 Å². The van der Waals surface area contributed by atoms with E-state index in [4.69, 9.17) is 14.2 Å². The predicted octanol–water partition coefficient (Wildman–Crippen LogP) is 3.98. The molecule has 0 aliphatic carbocycles. The number of H-pyrrole nitrogens is 1. The highest BCUT2D eigenvalue weighted by atomic mass is 19.1. The highest BCUT2D eigenvalue weighted by Gasteiger charge is 2.32. The van der Waals surface area contributed by atoms with Gasteiger partial charge in [-0.15, -0.1) is 0 Å². The molecule has 5 rings (SSSR count). The van der Waals surface area contributed by atoms with E-state index in [1.54, 1.807) is 24.5 Å². The number of aromatic amines is 1. The van der Waals surface area contributed by atoms with E-state index in [1.807, 2.05) is 18.2 Å². The van der Waals surface area contributed by atoms with E-state index in [0.29, 0.717) is 61.0 Å². The number of carbonyl (C=O) groups is 1. The fraction of sp³-hybridized carbons (Fsp3) is 0.280. The average Bonchev–Trinajstić information content (AvgIpc) is 3.19. The lowest BCUT2D eigenvalue weighted by molar-refractivity contribution is 0.0926. The Morgan fingerprint density at radius 3 is 3.03 bits per heavy atom. The first-order valence-electron chi connectivity index (χ1n) is 11.1. The molecule has 0 radical (unpaired) electrons. The molecule has 34 heavy (non-hydrogen) atoms. The van der Waals surface area contributed by atoms with E-state index >= 15 is 0 Å². The number of carbonyl (C=O) groups excluding carboxylic acids is 1. The number of nitrogens with one attached hydrogen (secondary N) is 3. The molecule has 2 aliphatic rings. The topological polar surface area (TPSA) is 97.5 Å². The van der Waals surface area contributed by atoms with E-state index < -0.39 is 5.82 Å². The van der Waals surface area contributed by atoms with Crippen LogP contribution in [0.25, 0.3) is 11.3 Å². The van der Waals surface area contributed by atoms with Crippen LogP contribution < -0.4 is 20.1 Å². The lowest BCUT2D eigenvalue weighted by Gasteiger charge is -2.23. The van der Waals surface area contributed by atoms with Gasteiger partial charge in [-0.2, -0.15) is 0 Å². The van der Waals surface area contributed by atoms with Gasteiger partial charge in [0.15, 0.2) is 11.6 Å². The average molecular weight is 464 g/mol. The minimum atomic E-state index is -0.503. The molecule has 1 unspecified atom stereocenters. The number of para-hydroxylation sites is 1. The molecule has 0 spiro atoms. The van der Waals surface area contributed by atoms with Crippen molar-refractivity contribution in [2.75, 3.05) is 32.2 Å². The molecular formula is C25H25FN4O4. The Bertz CT molecular complexity index is 1240. The number of pyridine rings is 1. The largest absolute Gasteiger partial charge is 0.492 e. The van der Waals surface area contributed by atoms with Gasteiger partial charge in [0.05, 0.1) is 49.2 Å². The number of benzene rings is 1. The second kappa shape index (κ2) is 9.56. The summed E-state index contributed by atoms with van der Waals surface area (Å²) in [6.45, 7) is 1.24. The van der Waals surface area contributed by atoms with Crippen LogP contribution in [0.5, 0.6) is 11.5 Å². The predicted molar refractivity (Wildman–Crippen MR) is 125 cm³/mol. The molecule has 9 heteroatoms. The Kier molecular flexibility index (Phi) is 6.18. The summed E-state index contributed by atoms with van der Waals surface area (Å²) in [4.78, 5) is 20.9. The quantitative estimate of drug-likeness (QED) is 0.508. The molecule has 176 valence electrons. The Morgan fingerprint density at radius 2 is 2.15 bits per heavy atom. The Balaban J connectivity index is 1.67. The van der Waals surface area contributed by atoms with Gasteiger partial charge >= 0.3 is 0 Å². The van der Waals surface area contributed by atoms with Crippen LogP contribution in [-0.4, -0.2) is 48.8 Å². The minimum Gasteiger partial charge on any atom is -0.492 e. The second-order valence-electron chi connectivity index (χ2n) is 8.05. The molecule has 3 aromatic rings. The second-order valence-corrected chi connectivity index (χ2v) is 8.05. The Hall–Kier alpha value is -3.85. The van der Waals surface area contributed by atoms with Crippen molar-refractivity contribution in [2.24, 2.45) is 0 Å².